The Morgan fingerprint density at radius 3 is 2.75 bits per heavy atom. The van der Waals surface area contributed by atoms with Crippen LogP contribution in [0.5, 0.6) is 11.5 Å². The summed E-state index contributed by atoms with van der Waals surface area (Å²) >= 11 is 1.92. The first-order chi connectivity index (χ1) is 15.8. The van der Waals surface area contributed by atoms with Crippen molar-refractivity contribution in [2.45, 2.75) is 23.1 Å². The minimum absolute atomic E-state index is 0.304. The largest absolute Gasteiger partial charge is 0.454 e. The van der Waals surface area contributed by atoms with Gasteiger partial charge in [0.1, 0.15) is 0 Å². The lowest BCUT2D eigenvalue weighted by Crippen LogP contribution is -2.25. The van der Waals surface area contributed by atoms with E-state index < -0.39 is 0 Å². The van der Waals surface area contributed by atoms with Crippen LogP contribution in [-0.4, -0.2) is 27.9 Å². The maximum atomic E-state index is 5.62. The van der Waals surface area contributed by atoms with Crippen LogP contribution in [0.15, 0.2) is 84.1 Å². The van der Waals surface area contributed by atoms with Crippen LogP contribution >= 0.6 is 11.8 Å². The molecule has 4 heterocycles. The van der Waals surface area contributed by atoms with Gasteiger partial charge in [-0.2, -0.15) is 0 Å². The first-order valence-electron chi connectivity index (χ1n) is 10.7. The second-order valence-corrected chi connectivity index (χ2v) is 9.06. The van der Waals surface area contributed by atoms with Crippen molar-refractivity contribution in [3.8, 4) is 17.4 Å². The minimum atomic E-state index is 0.304. The monoisotopic (exact) mass is 442 g/mol. The molecule has 7 heteroatoms. The van der Waals surface area contributed by atoms with Gasteiger partial charge in [0.15, 0.2) is 11.5 Å². The second kappa shape index (κ2) is 8.24. The molecule has 2 aliphatic heterocycles. The van der Waals surface area contributed by atoms with Crippen LogP contribution in [-0.2, 0) is 6.54 Å². The number of nitrogens with zero attached hydrogens (tertiary/aromatic N) is 4. The summed E-state index contributed by atoms with van der Waals surface area (Å²) in [6, 6.07) is 21.0. The van der Waals surface area contributed by atoms with Gasteiger partial charge in [-0.3, -0.25) is 4.57 Å². The quantitative estimate of drug-likeness (QED) is 0.431. The third-order valence-electron chi connectivity index (χ3n) is 5.86. The Morgan fingerprint density at radius 1 is 0.938 bits per heavy atom. The molecule has 0 amide bonds. The number of anilines is 1. The van der Waals surface area contributed by atoms with Gasteiger partial charge in [0.05, 0.1) is 12.2 Å². The van der Waals surface area contributed by atoms with Gasteiger partial charge in [-0.25, -0.2) is 9.97 Å². The topological polar surface area (TPSA) is 52.4 Å². The number of para-hydroxylation sites is 1. The second-order valence-electron chi connectivity index (χ2n) is 7.82. The predicted molar refractivity (Wildman–Crippen MR) is 125 cm³/mol. The van der Waals surface area contributed by atoms with E-state index >= 15 is 0 Å². The van der Waals surface area contributed by atoms with E-state index in [1.807, 2.05) is 30.1 Å². The zero-order chi connectivity index (χ0) is 21.3. The molecule has 0 bridgehead atoms. The first kappa shape index (κ1) is 19.3. The number of thioether (sulfide) groups is 1. The molecule has 6 nitrogen and oxygen atoms in total. The summed E-state index contributed by atoms with van der Waals surface area (Å²) in [5.74, 6) is 2.37. The Labute approximate surface area is 190 Å². The highest BCUT2D eigenvalue weighted by atomic mass is 32.2. The van der Waals surface area contributed by atoms with Crippen LogP contribution < -0.4 is 14.4 Å². The molecule has 2 aromatic heterocycles. The van der Waals surface area contributed by atoms with Crippen molar-refractivity contribution >= 4 is 17.4 Å². The summed E-state index contributed by atoms with van der Waals surface area (Å²) < 4.78 is 13.2. The van der Waals surface area contributed by atoms with Gasteiger partial charge in [0.2, 0.25) is 12.7 Å². The summed E-state index contributed by atoms with van der Waals surface area (Å²) in [5.41, 5.74) is 3.71. The van der Waals surface area contributed by atoms with E-state index in [-0.39, 0.29) is 0 Å². The molecule has 0 aliphatic carbocycles. The number of fused-ring (bicyclic) bond motifs is 2. The molecule has 160 valence electrons. The summed E-state index contributed by atoms with van der Waals surface area (Å²) in [7, 11) is 0. The molecule has 0 spiro atoms. The molecular weight excluding hydrogens is 420 g/mol. The van der Waals surface area contributed by atoms with Gasteiger partial charge in [0, 0.05) is 41.0 Å². The van der Waals surface area contributed by atoms with Crippen LogP contribution in [0.3, 0.4) is 0 Å². The number of hydrogen-bond donors (Lipinski definition) is 0. The van der Waals surface area contributed by atoms with Crippen LogP contribution in [0, 0.1) is 0 Å². The summed E-state index contributed by atoms with van der Waals surface area (Å²) in [6.45, 7) is 2.04. The van der Waals surface area contributed by atoms with Crippen molar-refractivity contribution in [1.29, 1.82) is 0 Å². The standard InChI is InChI=1S/C25H22N4O2S/c1-2-7-24-20(6-1)28(16-19-5-3-13-29(19)25-26-11-4-12-27-25)14-10-23(32-24)18-8-9-21-22(15-18)31-17-30-21/h1-9,11-13,15,23H,10,14,16-17H2/t23-/m1/s1. The lowest BCUT2D eigenvalue weighted by Gasteiger charge is -2.25. The molecule has 0 radical (unpaired) electrons. The Bertz CT molecular complexity index is 1240. The van der Waals surface area contributed by atoms with Gasteiger partial charge < -0.3 is 14.4 Å². The molecule has 6 rings (SSSR count). The van der Waals surface area contributed by atoms with E-state index in [0.29, 0.717) is 18.0 Å². The smallest absolute Gasteiger partial charge is 0.233 e. The average Bonchev–Trinajstić information content (AvgIpc) is 3.46. The van der Waals surface area contributed by atoms with E-state index in [1.54, 1.807) is 12.4 Å². The van der Waals surface area contributed by atoms with Gasteiger partial charge in [-0.1, -0.05) is 18.2 Å². The van der Waals surface area contributed by atoms with Crippen molar-refractivity contribution in [2.75, 3.05) is 18.2 Å². The molecule has 0 saturated heterocycles. The molecular formula is C25H22N4O2S. The summed E-state index contributed by atoms with van der Waals surface area (Å²) in [5, 5.41) is 0.347. The van der Waals surface area contributed by atoms with Gasteiger partial charge in [-0.15, -0.1) is 11.8 Å². The molecule has 32 heavy (non-hydrogen) atoms. The third kappa shape index (κ3) is 3.58. The fraction of sp³-hybridized carbons (Fsp3) is 0.200. The minimum Gasteiger partial charge on any atom is -0.454 e. The number of aromatic nitrogens is 3. The van der Waals surface area contributed by atoms with Crippen LogP contribution in [0.25, 0.3) is 5.95 Å². The number of hydrogen-bond acceptors (Lipinski definition) is 6. The van der Waals surface area contributed by atoms with E-state index in [0.717, 1.165) is 36.7 Å². The maximum Gasteiger partial charge on any atom is 0.233 e. The Hall–Kier alpha value is -3.45. The molecule has 2 aromatic carbocycles. The molecule has 0 unspecified atom stereocenters. The van der Waals surface area contributed by atoms with E-state index in [9.17, 15) is 0 Å². The fourth-order valence-corrected chi connectivity index (χ4v) is 5.58. The van der Waals surface area contributed by atoms with E-state index in [4.69, 9.17) is 9.47 Å². The molecule has 2 aliphatic rings. The zero-order valence-corrected chi connectivity index (χ0v) is 18.2. The predicted octanol–water partition coefficient (Wildman–Crippen LogP) is 5.24. The van der Waals surface area contributed by atoms with E-state index in [1.165, 1.54) is 16.1 Å². The average molecular weight is 443 g/mol. The Morgan fingerprint density at radius 2 is 1.81 bits per heavy atom. The Kier molecular flexibility index (Phi) is 4.96. The normalized spacial score (nSPS) is 17.1. The number of benzene rings is 2. The number of ether oxygens (including phenoxy) is 2. The van der Waals surface area contributed by atoms with Crippen LogP contribution in [0.4, 0.5) is 5.69 Å². The van der Waals surface area contributed by atoms with E-state index in [2.05, 4.69) is 68.0 Å². The van der Waals surface area contributed by atoms with Crippen molar-refractivity contribution in [2.24, 2.45) is 0 Å². The highest BCUT2D eigenvalue weighted by Crippen LogP contribution is 2.47. The fourth-order valence-electron chi connectivity index (χ4n) is 4.29. The van der Waals surface area contributed by atoms with Gasteiger partial charge in [0.25, 0.3) is 0 Å². The molecule has 0 N–H and O–H groups in total. The highest BCUT2D eigenvalue weighted by molar-refractivity contribution is 7.99. The van der Waals surface area contributed by atoms with Crippen molar-refractivity contribution in [1.82, 2.24) is 14.5 Å². The van der Waals surface area contributed by atoms with Crippen molar-refractivity contribution in [3.63, 3.8) is 0 Å². The highest BCUT2D eigenvalue weighted by Gasteiger charge is 2.25. The van der Waals surface area contributed by atoms with Gasteiger partial charge in [-0.05, 0) is 54.4 Å². The SMILES string of the molecule is c1cnc(-n2cccc2CN2CC[C@H](c3ccc4c(c3)OCO4)Sc3ccccc32)nc1. The number of rotatable bonds is 4. The van der Waals surface area contributed by atoms with Crippen molar-refractivity contribution < 1.29 is 9.47 Å². The Balaban J connectivity index is 1.30. The summed E-state index contributed by atoms with van der Waals surface area (Å²) in [4.78, 5) is 12.6. The lowest BCUT2D eigenvalue weighted by atomic mass is 10.1. The molecule has 1 atom stereocenters. The lowest BCUT2D eigenvalue weighted by molar-refractivity contribution is 0.174. The zero-order valence-electron chi connectivity index (χ0n) is 17.4. The maximum absolute atomic E-state index is 5.62. The molecule has 4 aromatic rings. The third-order valence-corrected chi connectivity index (χ3v) is 7.25. The first-order valence-corrected chi connectivity index (χ1v) is 11.6. The molecule has 0 saturated carbocycles. The van der Waals surface area contributed by atoms with Crippen LogP contribution in [0.1, 0.15) is 22.9 Å². The van der Waals surface area contributed by atoms with Crippen molar-refractivity contribution in [3.05, 3.63) is 90.5 Å². The van der Waals surface area contributed by atoms with Crippen LogP contribution in [0.2, 0.25) is 0 Å². The summed E-state index contributed by atoms with van der Waals surface area (Å²) in [6.07, 6.45) is 6.61. The molecule has 0 fully saturated rings. The van der Waals surface area contributed by atoms with Gasteiger partial charge >= 0.3 is 0 Å².